The standard InChI is InChI=1S/C18H17FN4O/c19-16-12-20-9-8-15(16)18-21-17(22-24-18)13-4-6-14(7-5-13)23-10-2-1-3-11-23/h4-9,12H,1-3,10-11H2. The highest BCUT2D eigenvalue weighted by atomic mass is 19.1. The summed E-state index contributed by atoms with van der Waals surface area (Å²) in [4.78, 5) is 10.4. The number of hydrogen-bond donors (Lipinski definition) is 0. The van der Waals surface area contributed by atoms with E-state index in [9.17, 15) is 4.39 Å². The van der Waals surface area contributed by atoms with Gasteiger partial charge in [0.15, 0.2) is 5.82 Å². The van der Waals surface area contributed by atoms with Gasteiger partial charge in [0.2, 0.25) is 5.82 Å². The Kier molecular flexibility index (Phi) is 3.94. The van der Waals surface area contributed by atoms with Gasteiger partial charge in [0.05, 0.1) is 11.8 Å². The van der Waals surface area contributed by atoms with Gasteiger partial charge in [-0.1, -0.05) is 5.16 Å². The maximum atomic E-state index is 13.8. The Morgan fingerprint density at radius 3 is 2.54 bits per heavy atom. The topological polar surface area (TPSA) is 55.1 Å². The first kappa shape index (κ1) is 14.8. The lowest BCUT2D eigenvalue weighted by atomic mass is 10.1. The fourth-order valence-corrected chi connectivity index (χ4v) is 2.97. The van der Waals surface area contributed by atoms with Gasteiger partial charge in [-0.2, -0.15) is 4.98 Å². The first-order valence-electron chi connectivity index (χ1n) is 8.10. The summed E-state index contributed by atoms with van der Waals surface area (Å²) in [5, 5.41) is 3.96. The van der Waals surface area contributed by atoms with Crippen LogP contribution in [0.15, 0.2) is 47.2 Å². The summed E-state index contributed by atoms with van der Waals surface area (Å²) < 4.78 is 18.9. The summed E-state index contributed by atoms with van der Waals surface area (Å²) in [6.45, 7) is 2.21. The number of halogens is 1. The number of hydrogen-bond acceptors (Lipinski definition) is 5. The molecule has 0 unspecified atom stereocenters. The number of pyridine rings is 1. The lowest BCUT2D eigenvalue weighted by Crippen LogP contribution is -2.29. The van der Waals surface area contributed by atoms with E-state index in [2.05, 4.69) is 32.2 Å². The molecular formula is C18H17FN4O. The Morgan fingerprint density at radius 2 is 1.79 bits per heavy atom. The molecule has 6 heteroatoms. The predicted octanol–water partition coefficient (Wildman–Crippen LogP) is 3.93. The Bertz CT molecular complexity index is 825. The van der Waals surface area contributed by atoms with Gasteiger partial charge in [-0.15, -0.1) is 0 Å². The van der Waals surface area contributed by atoms with Gasteiger partial charge in [0.25, 0.3) is 5.89 Å². The molecule has 122 valence electrons. The van der Waals surface area contributed by atoms with Crippen LogP contribution in [0.2, 0.25) is 0 Å². The van der Waals surface area contributed by atoms with Crippen LogP contribution < -0.4 is 4.90 Å². The molecule has 4 rings (SSSR count). The molecule has 0 saturated carbocycles. The smallest absolute Gasteiger partial charge is 0.261 e. The highest BCUT2D eigenvalue weighted by molar-refractivity contribution is 5.62. The molecule has 1 aliphatic heterocycles. The van der Waals surface area contributed by atoms with Crippen molar-refractivity contribution >= 4 is 5.69 Å². The Hall–Kier alpha value is -2.76. The van der Waals surface area contributed by atoms with E-state index in [-0.39, 0.29) is 11.5 Å². The van der Waals surface area contributed by atoms with Crippen molar-refractivity contribution in [3.63, 3.8) is 0 Å². The minimum absolute atomic E-state index is 0.157. The molecule has 0 radical (unpaired) electrons. The normalized spacial score (nSPS) is 14.8. The van der Waals surface area contributed by atoms with Crippen molar-refractivity contribution in [2.24, 2.45) is 0 Å². The van der Waals surface area contributed by atoms with Crippen LogP contribution in [0, 0.1) is 5.82 Å². The van der Waals surface area contributed by atoms with Crippen LogP contribution in [-0.4, -0.2) is 28.2 Å². The van der Waals surface area contributed by atoms with E-state index in [1.807, 2.05) is 12.1 Å². The SMILES string of the molecule is Fc1cnccc1-c1nc(-c2ccc(N3CCCCC3)cc2)no1. The average molecular weight is 324 g/mol. The second-order valence-corrected chi connectivity index (χ2v) is 5.87. The zero-order valence-electron chi connectivity index (χ0n) is 13.2. The third kappa shape index (κ3) is 2.87. The molecule has 24 heavy (non-hydrogen) atoms. The van der Waals surface area contributed by atoms with E-state index in [4.69, 9.17) is 4.52 Å². The van der Waals surface area contributed by atoms with E-state index in [0.29, 0.717) is 5.82 Å². The number of anilines is 1. The highest BCUT2D eigenvalue weighted by Gasteiger charge is 2.15. The predicted molar refractivity (Wildman–Crippen MR) is 89.0 cm³/mol. The maximum absolute atomic E-state index is 13.8. The quantitative estimate of drug-likeness (QED) is 0.730. The number of nitrogens with zero attached hydrogens (tertiary/aromatic N) is 4. The van der Waals surface area contributed by atoms with E-state index < -0.39 is 5.82 Å². The largest absolute Gasteiger partial charge is 0.372 e. The van der Waals surface area contributed by atoms with Crippen molar-refractivity contribution < 1.29 is 8.91 Å². The van der Waals surface area contributed by atoms with Crippen molar-refractivity contribution in [1.82, 2.24) is 15.1 Å². The molecule has 1 saturated heterocycles. The molecule has 0 amide bonds. The maximum Gasteiger partial charge on any atom is 0.261 e. The van der Waals surface area contributed by atoms with E-state index in [1.54, 1.807) is 0 Å². The first-order valence-corrected chi connectivity index (χ1v) is 8.10. The van der Waals surface area contributed by atoms with Crippen molar-refractivity contribution in [1.29, 1.82) is 0 Å². The number of piperidine rings is 1. The summed E-state index contributed by atoms with van der Waals surface area (Å²) in [6.07, 6.45) is 6.43. The first-order chi connectivity index (χ1) is 11.8. The molecule has 0 N–H and O–H groups in total. The van der Waals surface area contributed by atoms with Crippen molar-refractivity contribution in [3.8, 4) is 22.8 Å². The van der Waals surface area contributed by atoms with Gasteiger partial charge in [-0.25, -0.2) is 4.39 Å². The Balaban J connectivity index is 1.57. The number of rotatable bonds is 3. The van der Waals surface area contributed by atoms with E-state index in [0.717, 1.165) is 24.8 Å². The second-order valence-electron chi connectivity index (χ2n) is 5.87. The van der Waals surface area contributed by atoms with Gasteiger partial charge in [-0.05, 0) is 49.6 Å². The van der Waals surface area contributed by atoms with Crippen LogP contribution in [0.1, 0.15) is 19.3 Å². The zero-order valence-corrected chi connectivity index (χ0v) is 13.2. The van der Waals surface area contributed by atoms with E-state index in [1.165, 1.54) is 37.2 Å². The molecule has 1 aliphatic rings. The molecule has 1 fully saturated rings. The third-order valence-corrected chi connectivity index (χ3v) is 4.28. The Labute approximate surface area is 139 Å². The number of aromatic nitrogens is 3. The molecule has 5 nitrogen and oxygen atoms in total. The molecule has 3 heterocycles. The Morgan fingerprint density at radius 1 is 1.00 bits per heavy atom. The van der Waals surface area contributed by atoms with Gasteiger partial charge in [-0.3, -0.25) is 4.98 Å². The fourth-order valence-electron chi connectivity index (χ4n) is 2.97. The average Bonchev–Trinajstić information content (AvgIpc) is 3.13. The van der Waals surface area contributed by atoms with Crippen molar-refractivity contribution in [3.05, 3.63) is 48.5 Å². The molecule has 3 aromatic rings. The van der Waals surface area contributed by atoms with Crippen molar-refractivity contribution in [2.75, 3.05) is 18.0 Å². The highest BCUT2D eigenvalue weighted by Crippen LogP contribution is 2.26. The van der Waals surface area contributed by atoms with Crippen molar-refractivity contribution in [2.45, 2.75) is 19.3 Å². The lowest BCUT2D eigenvalue weighted by Gasteiger charge is -2.28. The van der Waals surface area contributed by atoms with Gasteiger partial charge >= 0.3 is 0 Å². The van der Waals surface area contributed by atoms with Gasteiger partial charge in [0.1, 0.15) is 0 Å². The molecule has 0 spiro atoms. The molecule has 0 atom stereocenters. The molecule has 0 aliphatic carbocycles. The minimum atomic E-state index is -0.479. The minimum Gasteiger partial charge on any atom is -0.372 e. The summed E-state index contributed by atoms with van der Waals surface area (Å²) in [5.74, 6) is 0.129. The summed E-state index contributed by atoms with van der Waals surface area (Å²) in [5.41, 5.74) is 2.32. The monoisotopic (exact) mass is 324 g/mol. The third-order valence-electron chi connectivity index (χ3n) is 4.28. The summed E-state index contributed by atoms with van der Waals surface area (Å²) in [6, 6.07) is 9.61. The zero-order chi connectivity index (χ0) is 16.4. The fraction of sp³-hybridized carbons (Fsp3) is 0.278. The van der Waals surface area contributed by atoms with Crippen LogP contribution >= 0.6 is 0 Å². The lowest BCUT2D eigenvalue weighted by molar-refractivity contribution is 0.429. The summed E-state index contributed by atoms with van der Waals surface area (Å²) >= 11 is 0. The second kappa shape index (κ2) is 6.39. The van der Waals surface area contributed by atoms with Crippen LogP contribution in [-0.2, 0) is 0 Å². The van der Waals surface area contributed by atoms with Crippen LogP contribution in [0.5, 0.6) is 0 Å². The molecule has 0 bridgehead atoms. The van der Waals surface area contributed by atoms with Crippen LogP contribution in [0.3, 0.4) is 0 Å². The van der Waals surface area contributed by atoms with Crippen LogP contribution in [0.4, 0.5) is 10.1 Å². The number of benzene rings is 1. The van der Waals surface area contributed by atoms with E-state index >= 15 is 0 Å². The molecule has 1 aromatic carbocycles. The molecular weight excluding hydrogens is 307 g/mol. The van der Waals surface area contributed by atoms with Gasteiger partial charge in [0, 0.05) is 30.5 Å². The van der Waals surface area contributed by atoms with Gasteiger partial charge < -0.3 is 9.42 Å². The summed E-state index contributed by atoms with van der Waals surface area (Å²) in [7, 11) is 0. The molecule has 2 aromatic heterocycles. The van der Waals surface area contributed by atoms with Crippen LogP contribution in [0.25, 0.3) is 22.8 Å².